The molecule has 0 aliphatic heterocycles. The van der Waals surface area contributed by atoms with Gasteiger partial charge in [-0.25, -0.2) is 0 Å². The molecule has 0 aromatic heterocycles. The molecule has 0 atom stereocenters. The molecule has 0 aliphatic rings. The first-order valence-electron chi connectivity index (χ1n) is 9.17. The second-order valence-corrected chi connectivity index (χ2v) is 6.83. The number of hydrogen-bond acceptors (Lipinski definition) is 6. The zero-order valence-electron chi connectivity index (χ0n) is 16.3. The van der Waals surface area contributed by atoms with Crippen LogP contribution >= 0.6 is 24.4 Å². The molecular formula is C20H24N6O2S2. The van der Waals surface area contributed by atoms with Crippen molar-refractivity contribution in [2.24, 2.45) is 21.7 Å². The summed E-state index contributed by atoms with van der Waals surface area (Å²) in [6.45, 7) is 1.11. The summed E-state index contributed by atoms with van der Waals surface area (Å²) in [7, 11) is 0. The summed E-state index contributed by atoms with van der Waals surface area (Å²) in [5.41, 5.74) is 17.4. The summed E-state index contributed by atoms with van der Waals surface area (Å²) in [6.07, 6.45) is 4.89. The molecule has 2 aromatic rings. The zero-order chi connectivity index (χ0) is 21.6. The molecule has 6 N–H and O–H groups in total. The van der Waals surface area contributed by atoms with Crippen LogP contribution < -0.4 is 31.8 Å². The SMILES string of the molecule is NC(=S)N/N=C\c1ccccc1OCCCCOc1ccccc1/C=N\NC(N)=S. The van der Waals surface area contributed by atoms with Crippen LogP contribution in [0.5, 0.6) is 11.5 Å². The van der Waals surface area contributed by atoms with Crippen molar-refractivity contribution in [2.45, 2.75) is 12.8 Å². The first-order valence-corrected chi connectivity index (χ1v) is 9.98. The van der Waals surface area contributed by atoms with E-state index in [1.54, 1.807) is 12.4 Å². The number of nitrogens with two attached hydrogens (primary N) is 2. The van der Waals surface area contributed by atoms with Crippen molar-refractivity contribution >= 4 is 47.1 Å². The van der Waals surface area contributed by atoms with Crippen molar-refractivity contribution < 1.29 is 9.47 Å². The molecule has 0 amide bonds. The van der Waals surface area contributed by atoms with Gasteiger partial charge in [0.15, 0.2) is 10.2 Å². The van der Waals surface area contributed by atoms with E-state index < -0.39 is 0 Å². The predicted octanol–water partition coefficient (Wildman–Crippen LogP) is 2.26. The number of hydrazone groups is 2. The maximum absolute atomic E-state index is 5.85. The van der Waals surface area contributed by atoms with Gasteiger partial charge < -0.3 is 20.9 Å². The Balaban J connectivity index is 1.76. The summed E-state index contributed by atoms with van der Waals surface area (Å²) in [4.78, 5) is 0. The highest BCUT2D eigenvalue weighted by molar-refractivity contribution is 7.80. The van der Waals surface area contributed by atoms with Gasteiger partial charge in [0, 0.05) is 11.1 Å². The highest BCUT2D eigenvalue weighted by Gasteiger charge is 2.02. The molecule has 0 saturated carbocycles. The third-order valence-electron chi connectivity index (χ3n) is 3.65. The van der Waals surface area contributed by atoms with Gasteiger partial charge in [-0.2, -0.15) is 10.2 Å². The number of hydrogen-bond donors (Lipinski definition) is 4. The lowest BCUT2D eigenvalue weighted by Crippen LogP contribution is -2.24. The van der Waals surface area contributed by atoms with Gasteiger partial charge in [0.2, 0.25) is 0 Å². The van der Waals surface area contributed by atoms with E-state index in [0.29, 0.717) is 13.2 Å². The Morgan fingerprint density at radius 3 is 1.57 bits per heavy atom. The monoisotopic (exact) mass is 444 g/mol. The fraction of sp³-hybridized carbons (Fsp3) is 0.200. The van der Waals surface area contributed by atoms with Gasteiger partial charge in [-0.1, -0.05) is 24.3 Å². The maximum Gasteiger partial charge on any atom is 0.184 e. The average Bonchev–Trinajstić information content (AvgIpc) is 2.72. The van der Waals surface area contributed by atoms with E-state index in [2.05, 4.69) is 21.1 Å². The Labute approximate surface area is 186 Å². The maximum atomic E-state index is 5.85. The van der Waals surface area contributed by atoms with Crippen LogP contribution in [0.2, 0.25) is 0 Å². The topological polar surface area (TPSA) is 119 Å². The van der Waals surface area contributed by atoms with Crippen molar-refractivity contribution in [1.82, 2.24) is 10.9 Å². The number of unbranched alkanes of at least 4 members (excludes halogenated alkanes) is 1. The standard InChI is InChI=1S/C20H24N6O2S2/c21-19(29)25-23-13-15-7-1-3-9-17(15)27-11-5-6-12-28-18-10-4-2-8-16(18)14-24-26-20(22)30/h1-4,7-10,13-14H,5-6,11-12H2,(H3,21,25,29)(H3,22,26,30)/b23-13-,24-14-. The number of ether oxygens (including phenoxy) is 2. The quantitative estimate of drug-likeness (QED) is 0.180. The molecule has 0 bridgehead atoms. The second kappa shape index (κ2) is 13.1. The highest BCUT2D eigenvalue weighted by atomic mass is 32.1. The fourth-order valence-corrected chi connectivity index (χ4v) is 2.44. The van der Waals surface area contributed by atoms with Crippen molar-refractivity contribution in [3.05, 3.63) is 59.7 Å². The van der Waals surface area contributed by atoms with Crippen LogP contribution in [0.15, 0.2) is 58.7 Å². The number of rotatable bonds is 11. The number of nitrogens with zero attached hydrogens (tertiary/aromatic N) is 2. The molecule has 158 valence electrons. The van der Waals surface area contributed by atoms with Crippen LogP contribution in [0.1, 0.15) is 24.0 Å². The number of para-hydroxylation sites is 2. The number of nitrogens with one attached hydrogen (secondary N) is 2. The van der Waals surface area contributed by atoms with Crippen LogP contribution in [0.3, 0.4) is 0 Å². The summed E-state index contributed by atoms with van der Waals surface area (Å²) in [6, 6.07) is 15.2. The normalized spacial score (nSPS) is 10.8. The van der Waals surface area contributed by atoms with Gasteiger partial charge in [-0.15, -0.1) is 0 Å². The molecule has 2 rings (SSSR count). The molecular weight excluding hydrogens is 420 g/mol. The predicted molar refractivity (Wildman–Crippen MR) is 128 cm³/mol. The van der Waals surface area contributed by atoms with Crippen LogP contribution in [0, 0.1) is 0 Å². The van der Waals surface area contributed by atoms with E-state index >= 15 is 0 Å². The first-order chi connectivity index (χ1) is 14.6. The molecule has 0 aliphatic carbocycles. The Kier molecular flexibility index (Phi) is 10.0. The molecule has 0 heterocycles. The molecule has 0 fully saturated rings. The molecule has 10 heteroatoms. The lowest BCUT2D eigenvalue weighted by atomic mass is 10.2. The zero-order valence-corrected chi connectivity index (χ0v) is 17.9. The van der Waals surface area contributed by atoms with Gasteiger partial charge in [-0.3, -0.25) is 10.9 Å². The van der Waals surface area contributed by atoms with Crippen molar-refractivity contribution in [3.8, 4) is 11.5 Å². The number of thiocarbonyl (C=S) groups is 2. The van der Waals surface area contributed by atoms with Gasteiger partial charge in [0.25, 0.3) is 0 Å². The average molecular weight is 445 g/mol. The van der Waals surface area contributed by atoms with Crippen LogP contribution in [-0.2, 0) is 0 Å². The van der Waals surface area contributed by atoms with Crippen molar-refractivity contribution in [3.63, 3.8) is 0 Å². The van der Waals surface area contributed by atoms with Gasteiger partial charge in [0.05, 0.1) is 25.6 Å². The minimum absolute atomic E-state index is 0.108. The minimum atomic E-state index is 0.108. The Bertz CT molecular complexity index is 831. The molecule has 0 saturated heterocycles. The summed E-state index contributed by atoms with van der Waals surface area (Å²) < 4.78 is 11.7. The molecule has 0 spiro atoms. The third-order valence-corrected chi connectivity index (χ3v) is 3.83. The Morgan fingerprint density at radius 2 is 1.17 bits per heavy atom. The molecule has 0 radical (unpaired) electrons. The minimum Gasteiger partial charge on any atom is -0.493 e. The summed E-state index contributed by atoms with van der Waals surface area (Å²) in [5.74, 6) is 1.47. The smallest absolute Gasteiger partial charge is 0.184 e. The third kappa shape index (κ3) is 8.84. The van der Waals surface area contributed by atoms with Crippen LogP contribution in [0.4, 0.5) is 0 Å². The molecule has 30 heavy (non-hydrogen) atoms. The fourth-order valence-electron chi connectivity index (χ4n) is 2.34. The summed E-state index contributed by atoms with van der Waals surface area (Å²) >= 11 is 9.44. The molecule has 2 aromatic carbocycles. The second-order valence-electron chi connectivity index (χ2n) is 5.95. The van der Waals surface area contributed by atoms with E-state index in [0.717, 1.165) is 35.5 Å². The molecule has 8 nitrogen and oxygen atoms in total. The van der Waals surface area contributed by atoms with Crippen LogP contribution in [-0.4, -0.2) is 35.9 Å². The van der Waals surface area contributed by atoms with Crippen molar-refractivity contribution in [2.75, 3.05) is 13.2 Å². The summed E-state index contributed by atoms with van der Waals surface area (Å²) in [5, 5.41) is 8.14. The van der Waals surface area contributed by atoms with Crippen molar-refractivity contribution in [1.29, 1.82) is 0 Å². The lowest BCUT2D eigenvalue weighted by Gasteiger charge is -2.10. The van der Waals surface area contributed by atoms with Gasteiger partial charge >= 0.3 is 0 Å². The number of benzene rings is 2. The first kappa shape index (κ1) is 23.0. The highest BCUT2D eigenvalue weighted by Crippen LogP contribution is 2.18. The van der Waals surface area contributed by atoms with E-state index in [-0.39, 0.29) is 10.2 Å². The van der Waals surface area contributed by atoms with E-state index in [1.807, 2.05) is 48.5 Å². The van der Waals surface area contributed by atoms with E-state index in [1.165, 1.54) is 0 Å². The van der Waals surface area contributed by atoms with Gasteiger partial charge in [0.1, 0.15) is 11.5 Å². The largest absolute Gasteiger partial charge is 0.493 e. The Morgan fingerprint density at radius 1 is 0.767 bits per heavy atom. The lowest BCUT2D eigenvalue weighted by molar-refractivity contribution is 0.266. The van der Waals surface area contributed by atoms with Gasteiger partial charge in [-0.05, 0) is 61.5 Å². The van der Waals surface area contributed by atoms with E-state index in [4.69, 9.17) is 45.4 Å². The molecule has 0 unspecified atom stereocenters. The van der Waals surface area contributed by atoms with E-state index in [9.17, 15) is 0 Å². The van der Waals surface area contributed by atoms with Crippen LogP contribution in [0.25, 0.3) is 0 Å². The Hall–Kier alpha value is -3.24.